The average Bonchev–Trinajstić information content (AvgIpc) is 2.61. The van der Waals surface area contributed by atoms with Gasteiger partial charge in [0.05, 0.1) is 6.61 Å². The van der Waals surface area contributed by atoms with Crippen molar-refractivity contribution in [2.24, 2.45) is 0 Å². The molecule has 0 saturated heterocycles. The number of rotatable bonds is 2. The van der Waals surface area contributed by atoms with Gasteiger partial charge in [0.1, 0.15) is 5.69 Å². The Kier molecular flexibility index (Phi) is 2.56. The lowest BCUT2D eigenvalue weighted by molar-refractivity contribution is 0.266. The highest BCUT2D eigenvalue weighted by atomic mass is 16.5. The first-order chi connectivity index (χ1) is 7.22. The lowest BCUT2D eigenvalue weighted by Gasteiger charge is -1.98. The third-order valence-corrected chi connectivity index (χ3v) is 2.48. The van der Waals surface area contributed by atoms with E-state index in [0.29, 0.717) is 5.69 Å². The Labute approximate surface area is 88.3 Å². The molecule has 2 aromatic rings. The van der Waals surface area contributed by atoms with Gasteiger partial charge in [-0.2, -0.15) is 0 Å². The molecule has 0 radical (unpaired) electrons. The van der Waals surface area contributed by atoms with Crippen molar-refractivity contribution in [1.29, 1.82) is 0 Å². The third-order valence-electron chi connectivity index (χ3n) is 2.48. The molecule has 2 rings (SSSR count). The van der Waals surface area contributed by atoms with Gasteiger partial charge in [-0.25, -0.2) is 0 Å². The number of aromatic nitrogens is 1. The molecular formula is C12H13NO2. The van der Waals surface area contributed by atoms with Gasteiger partial charge in [0.15, 0.2) is 5.76 Å². The molecule has 78 valence electrons. The van der Waals surface area contributed by atoms with Crippen LogP contribution in [0, 0.1) is 13.8 Å². The summed E-state index contributed by atoms with van der Waals surface area (Å²) in [5, 5.41) is 12.8. The number of benzene rings is 1. The van der Waals surface area contributed by atoms with Crippen LogP contribution in [0.4, 0.5) is 0 Å². The molecule has 1 aromatic heterocycles. The molecule has 1 heterocycles. The minimum atomic E-state index is -0.0821. The van der Waals surface area contributed by atoms with Crippen LogP contribution in [0.25, 0.3) is 11.3 Å². The molecule has 3 heteroatoms. The van der Waals surface area contributed by atoms with Gasteiger partial charge in [0.2, 0.25) is 0 Å². The number of aliphatic hydroxyl groups excluding tert-OH is 1. The number of nitrogens with zero attached hydrogens (tertiary/aromatic N) is 1. The van der Waals surface area contributed by atoms with E-state index in [2.05, 4.69) is 5.16 Å². The minimum absolute atomic E-state index is 0.0821. The predicted molar refractivity (Wildman–Crippen MR) is 57.3 cm³/mol. The van der Waals surface area contributed by atoms with Gasteiger partial charge in [0, 0.05) is 11.1 Å². The highest BCUT2D eigenvalue weighted by molar-refractivity contribution is 5.61. The fourth-order valence-corrected chi connectivity index (χ4v) is 1.49. The Morgan fingerprint density at radius 2 is 1.87 bits per heavy atom. The van der Waals surface area contributed by atoms with Gasteiger partial charge in [0.25, 0.3) is 0 Å². The zero-order valence-corrected chi connectivity index (χ0v) is 8.82. The smallest absolute Gasteiger partial charge is 0.170 e. The Morgan fingerprint density at radius 3 is 2.40 bits per heavy atom. The molecule has 0 fully saturated rings. The van der Waals surface area contributed by atoms with Gasteiger partial charge in [-0.1, -0.05) is 35.0 Å². The van der Waals surface area contributed by atoms with Crippen LogP contribution < -0.4 is 0 Å². The molecule has 0 aliphatic heterocycles. The molecule has 0 atom stereocenters. The van der Waals surface area contributed by atoms with E-state index in [-0.39, 0.29) is 6.61 Å². The largest absolute Gasteiger partial charge is 0.390 e. The molecule has 0 saturated carbocycles. The summed E-state index contributed by atoms with van der Waals surface area (Å²) in [6.45, 7) is 3.86. The van der Waals surface area contributed by atoms with E-state index in [0.717, 1.165) is 16.9 Å². The zero-order valence-electron chi connectivity index (χ0n) is 8.82. The number of aliphatic hydroxyl groups is 1. The highest BCUT2D eigenvalue weighted by Gasteiger charge is 2.12. The summed E-state index contributed by atoms with van der Waals surface area (Å²) >= 11 is 0. The molecule has 0 aliphatic carbocycles. The Morgan fingerprint density at radius 1 is 1.20 bits per heavy atom. The van der Waals surface area contributed by atoms with Gasteiger partial charge < -0.3 is 9.63 Å². The second kappa shape index (κ2) is 3.87. The fraction of sp³-hybridized carbons (Fsp3) is 0.250. The average molecular weight is 203 g/mol. The second-order valence-corrected chi connectivity index (χ2v) is 3.61. The first-order valence-electron chi connectivity index (χ1n) is 4.85. The van der Waals surface area contributed by atoms with Crippen LogP contribution in [0.3, 0.4) is 0 Å². The minimum Gasteiger partial charge on any atom is -0.390 e. The SMILES string of the molecule is Cc1ccc(-c2onc(CO)c2C)cc1. The first-order valence-corrected chi connectivity index (χ1v) is 4.85. The quantitative estimate of drug-likeness (QED) is 0.815. The molecular weight excluding hydrogens is 190 g/mol. The van der Waals surface area contributed by atoms with E-state index < -0.39 is 0 Å². The number of hydrogen-bond donors (Lipinski definition) is 1. The van der Waals surface area contributed by atoms with Gasteiger partial charge in [-0.05, 0) is 13.8 Å². The van der Waals surface area contributed by atoms with Gasteiger partial charge in [-0.15, -0.1) is 0 Å². The molecule has 3 nitrogen and oxygen atoms in total. The van der Waals surface area contributed by atoms with Crippen LogP contribution in [0.5, 0.6) is 0 Å². The topological polar surface area (TPSA) is 46.3 Å². The van der Waals surface area contributed by atoms with Crippen molar-refractivity contribution in [3.63, 3.8) is 0 Å². The monoisotopic (exact) mass is 203 g/mol. The zero-order chi connectivity index (χ0) is 10.8. The summed E-state index contributed by atoms with van der Waals surface area (Å²) in [6.07, 6.45) is 0. The summed E-state index contributed by atoms with van der Waals surface area (Å²) in [6, 6.07) is 8.03. The van der Waals surface area contributed by atoms with Crippen molar-refractivity contribution in [2.45, 2.75) is 20.5 Å². The maximum atomic E-state index is 9.00. The molecule has 0 bridgehead atoms. The number of hydrogen-bond acceptors (Lipinski definition) is 3. The molecule has 0 unspecified atom stereocenters. The van der Waals surface area contributed by atoms with Crippen LogP contribution in [-0.2, 0) is 6.61 Å². The van der Waals surface area contributed by atoms with Crippen LogP contribution in [0.1, 0.15) is 16.8 Å². The first kappa shape index (κ1) is 9.93. The third kappa shape index (κ3) is 1.78. The van der Waals surface area contributed by atoms with Crippen molar-refractivity contribution < 1.29 is 9.63 Å². The Bertz CT molecular complexity index is 457. The van der Waals surface area contributed by atoms with E-state index in [1.165, 1.54) is 5.56 Å². The standard InChI is InChI=1S/C12H13NO2/c1-8-3-5-10(6-4-8)12-9(2)11(7-14)13-15-12/h3-6,14H,7H2,1-2H3. The van der Waals surface area contributed by atoms with Crippen LogP contribution >= 0.6 is 0 Å². The highest BCUT2D eigenvalue weighted by Crippen LogP contribution is 2.25. The molecule has 0 aliphatic rings. The van der Waals surface area contributed by atoms with Crippen molar-refractivity contribution in [3.05, 3.63) is 41.1 Å². The Balaban J connectivity index is 2.45. The van der Waals surface area contributed by atoms with E-state index >= 15 is 0 Å². The fourth-order valence-electron chi connectivity index (χ4n) is 1.49. The summed E-state index contributed by atoms with van der Waals surface area (Å²) in [5.41, 5.74) is 3.70. The lowest BCUT2D eigenvalue weighted by Crippen LogP contribution is -1.85. The van der Waals surface area contributed by atoms with E-state index in [4.69, 9.17) is 9.63 Å². The second-order valence-electron chi connectivity index (χ2n) is 3.61. The van der Waals surface area contributed by atoms with Crippen molar-refractivity contribution in [1.82, 2.24) is 5.16 Å². The summed E-state index contributed by atoms with van der Waals surface area (Å²) < 4.78 is 5.20. The summed E-state index contributed by atoms with van der Waals surface area (Å²) in [5.74, 6) is 0.735. The summed E-state index contributed by atoms with van der Waals surface area (Å²) in [7, 11) is 0. The molecule has 1 N–H and O–H groups in total. The van der Waals surface area contributed by atoms with Crippen molar-refractivity contribution >= 4 is 0 Å². The number of aryl methyl sites for hydroxylation is 1. The molecule has 1 aromatic carbocycles. The van der Waals surface area contributed by atoms with E-state index in [9.17, 15) is 0 Å². The molecule has 0 amide bonds. The van der Waals surface area contributed by atoms with Crippen molar-refractivity contribution in [2.75, 3.05) is 0 Å². The van der Waals surface area contributed by atoms with Crippen LogP contribution in [0.2, 0.25) is 0 Å². The van der Waals surface area contributed by atoms with Gasteiger partial charge in [-0.3, -0.25) is 0 Å². The molecule has 15 heavy (non-hydrogen) atoms. The van der Waals surface area contributed by atoms with Crippen molar-refractivity contribution in [3.8, 4) is 11.3 Å². The lowest BCUT2D eigenvalue weighted by atomic mass is 10.1. The van der Waals surface area contributed by atoms with E-state index in [1.807, 2.05) is 38.1 Å². The maximum absolute atomic E-state index is 9.00. The maximum Gasteiger partial charge on any atom is 0.170 e. The summed E-state index contributed by atoms with van der Waals surface area (Å²) in [4.78, 5) is 0. The van der Waals surface area contributed by atoms with Gasteiger partial charge >= 0.3 is 0 Å². The molecule has 0 spiro atoms. The Hall–Kier alpha value is -1.61. The van der Waals surface area contributed by atoms with Crippen LogP contribution in [0.15, 0.2) is 28.8 Å². The predicted octanol–water partition coefficient (Wildman–Crippen LogP) is 2.45. The van der Waals surface area contributed by atoms with E-state index in [1.54, 1.807) is 0 Å². The van der Waals surface area contributed by atoms with Crippen LogP contribution in [-0.4, -0.2) is 10.3 Å². The normalized spacial score (nSPS) is 10.6.